The molecule has 1 rings (SSSR count). The van der Waals surface area contributed by atoms with Crippen molar-refractivity contribution in [1.82, 2.24) is 0 Å². The van der Waals surface area contributed by atoms with Crippen LogP contribution in [0, 0.1) is 0 Å². The van der Waals surface area contributed by atoms with Crippen molar-refractivity contribution in [2.45, 2.75) is 200 Å². The smallest absolute Gasteiger partial charge is 0.338 e. The fourth-order valence-electron chi connectivity index (χ4n) is 6.10. The number of hydrogen-bond donors (Lipinski definition) is 0. The van der Waals surface area contributed by atoms with Gasteiger partial charge in [-0.05, 0) is 37.8 Å². The fourth-order valence-corrected chi connectivity index (χ4v) is 6.49. The lowest BCUT2D eigenvalue weighted by atomic mass is 10.0. The molecule has 0 atom stereocenters. The Morgan fingerprint density at radius 2 is 0.766 bits per heavy atom. The Hall–Kier alpha value is -1.23. The van der Waals surface area contributed by atoms with Gasteiger partial charge in [-0.15, -0.1) is 0 Å². The highest BCUT2D eigenvalue weighted by atomic mass is 79.9. The Kier molecular flexibility index (Phi) is 32.3. The van der Waals surface area contributed by atoms with Crippen LogP contribution in [0.25, 0.3) is 0 Å². The molecule has 5 heteroatoms. The van der Waals surface area contributed by atoms with Crippen LogP contribution in [0.2, 0.25) is 0 Å². The molecule has 0 aromatic heterocycles. The molecule has 47 heavy (non-hydrogen) atoms. The summed E-state index contributed by atoms with van der Waals surface area (Å²) in [6.45, 7) is 6.33. The highest BCUT2D eigenvalue weighted by Gasteiger charge is 2.12. The van der Waals surface area contributed by atoms with Gasteiger partial charge in [-0.1, -0.05) is 190 Å². The van der Waals surface area contributed by atoms with Crippen molar-refractivity contribution in [3.8, 4) is 11.5 Å². The second-order valence-electron chi connectivity index (χ2n) is 13.8. The standard InChI is InChI=1S/C42H75BrO4/c1-3-5-7-9-11-13-15-16-17-18-19-21-23-25-27-30-34-46-41-37-39(42(44)47-35-31-28-32-43)36-40(38-41)45-33-29-26-24-22-20-14-12-10-8-6-4-2/h36-38H,3-35H2,1-2H3. The fraction of sp³-hybridized carbons (Fsp3) is 0.833. The monoisotopic (exact) mass is 722 g/mol. The van der Waals surface area contributed by atoms with E-state index in [-0.39, 0.29) is 5.97 Å². The van der Waals surface area contributed by atoms with E-state index in [2.05, 4.69) is 29.8 Å². The number of benzene rings is 1. The highest BCUT2D eigenvalue weighted by Crippen LogP contribution is 2.25. The third kappa shape index (κ3) is 28.3. The molecular weight excluding hydrogens is 648 g/mol. The maximum Gasteiger partial charge on any atom is 0.338 e. The normalized spacial score (nSPS) is 11.2. The average molecular weight is 724 g/mol. The molecule has 0 saturated heterocycles. The Labute approximate surface area is 300 Å². The van der Waals surface area contributed by atoms with Gasteiger partial charge in [0.05, 0.1) is 25.4 Å². The van der Waals surface area contributed by atoms with Gasteiger partial charge in [-0.25, -0.2) is 4.79 Å². The second-order valence-corrected chi connectivity index (χ2v) is 14.6. The molecule has 0 bridgehead atoms. The van der Waals surface area contributed by atoms with E-state index in [9.17, 15) is 4.79 Å². The van der Waals surface area contributed by atoms with Gasteiger partial charge < -0.3 is 14.2 Å². The molecule has 0 heterocycles. The van der Waals surface area contributed by atoms with E-state index in [1.54, 1.807) is 0 Å². The number of rotatable bonds is 36. The number of hydrogen-bond acceptors (Lipinski definition) is 4. The number of ether oxygens (including phenoxy) is 3. The van der Waals surface area contributed by atoms with Gasteiger partial charge in [0.2, 0.25) is 0 Å². The van der Waals surface area contributed by atoms with Crippen molar-refractivity contribution >= 4 is 21.9 Å². The lowest BCUT2D eigenvalue weighted by molar-refractivity contribution is 0.0499. The summed E-state index contributed by atoms with van der Waals surface area (Å²) in [7, 11) is 0. The summed E-state index contributed by atoms with van der Waals surface area (Å²) in [4.78, 5) is 12.8. The van der Waals surface area contributed by atoms with Crippen molar-refractivity contribution < 1.29 is 19.0 Å². The van der Waals surface area contributed by atoms with Crippen molar-refractivity contribution in [2.24, 2.45) is 0 Å². The maximum absolute atomic E-state index is 12.8. The van der Waals surface area contributed by atoms with Crippen molar-refractivity contribution in [3.05, 3.63) is 23.8 Å². The SMILES string of the molecule is CCCCCCCCCCCCCCCCCCOc1cc(OCCCCCCCCCCCCC)cc(C(=O)OCCCCBr)c1. The molecule has 0 spiro atoms. The van der Waals surface area contributed by atoms with E-state index in [0.717, 1.165) is 31.0 Å². The second kappa shape index (κ2) is 34.6. The van der Waals surface area contributed by atoms with Crippen molar-refractivity contribution in [1.29, 1.82) is 0 Å². The molecule has 0 aliphatic rings. The summed E-state index contributed by atoms with van der Waals surface area (Å²) < 4.78 is 17.7. The summed E-state index contributed by atoms with van der Waals surface area (Å²) in [5.74, 6) is 1.11. The summed E-state index contributed by atoms with van der Waals surface area (Å²) >= 11 is 3.44. The van der Waals surface area contributed by atoms with Crippen LogP contribution < -0.4 is 9.47 Å². The minimum Gasteiger partial charge on any atom is -0.493 e. The van der Waals surface area contributed by atoms with E-state index in [0.29, 0.717) is 36.9 Å². The van der Waals surface area contributed by atoms with Gasteiger partial charge in [0.1, 0.15) is 11.5 Å². The number of esters is 1. The van der Waals surface area contributed by atoms with Gasteiger partial charge in [-0.3, -0.25) is 0 Å². The first-order valence-corrected chi connectivity index (χ1v) is 21.5. The number of unbranched alkanes of at least 4 members (excludes halogenated alkanes) is 26. The molecule has 0 aliphatic carbocycles. The zero-order valence-corrected chi connectivity index (χ0v) is 32.7. The summed E-state index contributed by atoms with van der Waals surface area (Å²) in [5.41, 5.74) is 0.516. The average Bonchev–Trinajstić information content (AvgIpc) is 3.08. The first-order valence-electron chi connectivity index (χ1n) is 20.3. The highest BCUT2D eigenvalue weighted by molar-refractivity contribution is 9.09. The molecule has 1 aromatic rings. The van der Waals surface area contributed by atoms with Crippen LogP contribution in [0.1, 0.15) is 210 Å². The van der Waals surface area contributed by atoms with Crippen LogP contribution in [0.4, 0.5) is 0 Å². The first-order chi connectivity index (χ1) is 23.2. The Balaban J connectivity index is 2.26. The maximum atomic E-state index is 12.8. The molecule has 4 nitrogen and oxygen atoms in total. The van der Waals surface area contributed by atoms with Gasteiger partial charge in [-0.2, -0.15) is 0 Å². The van der Waals surface area contributed by atoms with Crippen LogP contribution in [0.5, 0.6) is 11.5 Å². The third-order valence-electron chi connectivity index (χ3n) is 9.16. The first kappa shape index (κ1) is 43.8. The Morgan fingerprint density at radius 1 is 0.447 bits per heavy atom. The van der Waals surface area contributed by atoms with Crippen LogP contribution in [0.3, 0.4) is 0 Å². The van der Waals surface area contributed by atoms with Crippen LogP contribution in [-0.2, 0) is 4.74 Å². The molecule has 0 aliphatic heterocycles. The molecular formula is C42H75BrO4. The Morgan fingerprint density at radius 3 is 1.11 bits per heavy atom. The molecule has 0 fully saturated rings. The molecule has 0 amide bonds. The minimum atomic E-state index is -0.299. The predicted octanol–water partition coefficient (Wildman–Crippen LogP) is 14.3. The van der Waals surface area contributed by atoms with Crippen LogP contribution in [0.15, 0.2) is 18.2 Å². The van der Waals surface area contributed by atoms with Gasteiger partial charge in [0.15, 0.2) is 0 Å². The summed E-state index contributed by atoms with van der Waals surface area (Å²) in [6.07, 6.45) is 38.0. The van der Waals surface area contributed by atoms with Gasteiger partial charge >= 0.3 is 5.97 Å². The summed E-state index contributed by atoms with van der Waals surface area (Å²) in [5, 5.41) is 0.921. The topological polar surface area (TPSA) is 44.8 Å². The number of carbonyl (C=O) groups is 1. The van der Waals surface area contributed by atoms with E-state index < -0.39 is 0 Å². The summed E-state index contributed by atoms with van der Waals surface area (Å²) in [6, 6.07) is 5.56. The van der Waals surface area contributed by atoms with Gasteiger partial charge in [0.25, 0.3) is 0 Å². The zero-order valence-electron chi connectivity index (χ0n) is 31.1. The van der Waals surface area contributed by atoms with Crippen LogP contribution in [-0.4, -0.2) is 31.1 Å². The van der Waals surface area contributed by atoms with Gasteiger partial charge in [0, 0.05) is 11.4 Å². The molecule has 0 unspecified atom stereocenters. The van der Waals surface area contributed by atoms with Crippen molar-refractivity contribution in [3.63, 3.8) is 0 Å². The Bertz CT molecular complexity index is 814. The van der Waals surface area contributed by atoms with E-state index in [4.69, 9.17) is 14.2 Å². The number of halogens is 1. The molecule has 274 valence electrons. The molecule has 0 saturated carbocycles. The zero-order chi connectivity index (χ0) is 33.9. The lowest BCUT2D eigenvalue weighted by Crippen LogP contribution is -2.08. The van der Waals surface area contributed by atoms with Crippen molar-refractivity contribution in [2.75, 3.05) is 25.2 Å². The van der Waals surface area contributed by atoms with Crippen LogP contribution >= 0.6 is 15.9 Å². The van der Waals surface area contributed by atoms with E-state index in [1.807, 2.05) is 18.2 Å². The van der Waals surface area contributed by atoms with E-state index in [1.165, 1.54) is 161 Å². The lowest BCUT2D eigenvalue weighted by Gasteiger charge is -2.13. The molecule has 0 radical (unpaired) electrons. The molecule has 0 N–H and O–H groups in total. The predicted molar refractivity (Wildman–Crippen MR) is 207 cm³/mol. The largest absolute Gasteiger partial charge is 0.493 e. The molecule has 1 aromatic carbocycles. The minimum absolute atomic E-state index is 0.299. The third-order valence-corrected chi connectivity index (χ3v) is 9.72. The number of carbonyl (C=O) groups excluding carboxylic acids is 1. The van der Waals surface area contributed by atoms with E-state index >= 15 is 0 Å². The quantitative estimate of drug-likeness (QED) is 0.0393. The number of alkyl halides is 1.